The van der Waals surface area contributed by atoms with Crippen molar-refractivity contribution in [1.82, 2.24) is 14.7 Å². The number of carboxylic acids is 1. The number of likely N-dealkylation sites (N-methyl/N-ethyl adjacent to an activating group) is 1. The molecular weight excluding hydrogens is 274 g/mol. The number of likely N-dealkylation sites (tertiary alicyclic amines) is 2. The third-order valence-corrected chi connectivity index (χ3v) is 4.55. The highest BCUT2D eigenvalue weighted by molar-refractivity contribution is 5.74. The number of hydrogen-bond donors (Lipinski definition) is 2. The molecule has 0 bridgehead atoms. The zero-order chi connectivity index (χ0) is 15.4. The molecule has 2 fully saturated rings. The molecule has 1 unspecified atom stereocenters. The first-order chi connectivity index (χ1) is 10.0. The first-order valence-corrected chi connectivity index (χ1v) is 7.64. The van der Waals surface area contributed by atoms with E-state index in [2.05, 4.69) is 4.90 Å². The molecule has 0 aromatic heterocycles. The second-order valence-electron chi connectivity index (χ2n) is 5.88. The van der Waals surface area contributed by atoms with E-state index in [1.165, 1.54) is 4.90 Å². The summed E-state index contributed by atoms with van der Waals surface area (Å²) >= 11 is 0. The maximum Gasteiger partial charge on any atom is 0.320 e. The molecule has 0 spiro atoms. The third-order valence-electron chi connectivity index (χ3n) is 4.55. The zero-order valence-corrected chi connectivity index (χ0v) is 12.6. The molecule has 0 aliphatic carbocycles. The van der Waals surface area contributed by atoms with E-state index >= 15 is 0 Å². The van der Waals surface area contributed by atoms with Gasteiger partial charge in [0.15, 0.2) is 0 Å². The lowest BCUT2D eigenvalue weighted by molar-refractivity contribution is -0.143. The lowest BCUT2D eigenvalue weighted by Gasteiger charge is -2.39. The van der Waals surface area contributed by atoms with Crippen molar-refractivity contribution >= 4 is 12.0 Å². The quantitative estimate of drug-likeness (QED) is 0.766. The number of aliphatic hydroxyl groups excluding tert-OH is 1. The number of hydrogen-bond acceptors (Lipinski definition) is 4. The number of aliphatic carboxylic acids is 1. The molecule has 2 saturated heterocycles. The van der Waals surface area contributed by atoms with E-state index in [9.17, 15) is 14.7 Å². The van der Waals surface area contributed by atoms with Gasteiger partial charge in [-0.1, -0.05) is 0 Å². The minimum absolute atomic E-state index is 0.0349. The lowest BCUT2D eigenvalue weighted by atomic mass is 10.0. The van der Waals surface area contributed by atoms with Gasteiger partial charge in [-0.25, -0.2) is 4.79 Å². The highest BCUT2D eigenvalue weighted by Gasteiger charge is 2.37. The first-order valence-electron chi connectivity index (χ1n) is 7.64. The minimum Gasteiger partial charge on any atom is -0.480 e. The summed E-state index contributed by atoms with van der Waals surface area (Å²) in [5.74, 6) is -0.728. The van der Waals surface area contributed by atoms with Gasteiger partial charge in [0.05, 0.1) is 6.61 Å². The molecule has 2 heterocycles. The Balaban J connectivity index is 1.85. The van der Waals surface area contributed by atoms with Crippen molar-refractivity contribution in [3.63, 3.8) is 0 Å². The molecule has 2 aliphatic rings. The average molecular weight is 299 g/mol. The molecular formula is C14H25N3O4. The number of amides is 2. The Morgan fingerprint density at radius 3 is 2.43 bits per heavy atom. The van der Waals surface area contributed by atoms with Crippen LogP contribution in [0, 0.1) is 0 Å². The predicted molar refractivity (Wildman–Crippen MR) is 77.1 cm³/mol. The van der Waals surface area contributed by atoms with Gasteiger partial charge in [-0.3, -0.25) is 9.69 Å². The van der Waals surface area contributed by atoms with Crippen LogP contribution < -0.4 is 0 Å². The summed E-state index contributed by atoms with van der Waals surface area (Å²) < 4.78 is 0. The number of nitrogens with zero attached hydrogens (tertiary/aromatic N) is 3. The van der Waals surface area contributed by atoms with Gasteiger partial charge < -0.3 is 20.0 Å². The summed E-state index contributed by atoms with van der Waals surface area (Å²) in [6.07, 6.45) is 3.31. The Bertz CT molecular complexity index is 382. The fourth-order valence-electron chi connectivity index (χ4n) is 3.37. The molecule has 0 saturated carbocycles. The second-order valence-corrected chi connectivity index (χ2v) is 5.88. The van der Waals surface area contributed by atoms with Gasteiger partial charge in [-0.05, 0) is 32.2 Å². The van der Waals surface area contributed by atoms with Crippen molar-refractivity contribution in [2.75, 3.05) is 39.8 Å². The van der Waals surface area contributed by atoms with E-state index in [0.717, 1.165) is 32.2 Å². The minimum atomic E-state index is -0.728. The lowest BCUT2D eigenvalue weighted by Crippen LogP contribution is -2.52. The van der Waals surface area contributed by atoms with Crippen molar-refractivity contribution in [1.29, 1.82) is 0 Å². The van der Waals surface area contributed by atoms with E-state index in [4.69, 9.17) is 5.11 Å². The van der Waals surface area contributed by atoms with Crippen LogP contribution in [0.4, 0.5) is 4.79 Å². The number of rotatable bonds is 4. The Kier molecular flexibility index (Phi) is 5.41. The fraction of sp³-hybridized carbons (Fsp3) is 0.857. The second kappa shape index (κ2) is 7.09. The van der Waals surface area contributed by atoms with E-state index in [1.54, 1.807) is 11.9 Å². The Labute approximate surface area is 125 Å². The number of piperidine rings is 1. The Morgan fingerprint density at radius 2 is 1.86 bits per heavy atom. The van der Waals surface area contributed by atoms with E-state index in [1.807, 2.05) is 0 Å². The van der Waals surface area contributed by atoms with Crippen LogP contribution in [0.1, 0.15) is 25.7 Å². The zero-order valence-electron chi connectivity index (χ0n) is 12.6. The SMILES string of the molecule is CN(CCO)C(=O)N1CCC(N2CCCC2C(=O)O)CC1. The highest BCUT2D eigenvalue weighted by Crippen LogP contribution is 2.26. The van der Waals surface area contributed by atoms with Crippen LogP contribution in [0.3, 0.4) is 0 Å². The summed E-state index contributed by atoms with van der Waals surface area (Å²) in [7, 11) is 1.69. The van der Waals surface area contributed by atoms with Gasteiger partial charge in [-0.15, -0.1) is 0 Å². The maximum atomic E-state index is 12.1. The summed E-state index contributed by atoms with van der Waals surface area (Å²) in [6, 6.07) is -0.145. The molecule has 2 amide bonds. The van der Waals surface area contributed by atoms with Crippen molar-refractivity contribution < 1.29 is 19.8 Å². The number of carbonyl (C=O) groups excluding carboxylic acids is 1. The van der Waals surface area contributed by atoms with Crippen LogP contribution in [-0.4, -0.2) is 88.8 Å². The fourth-order valence-corrected chi connectivity index (χ4v) is 3.37. The molecule has 21 heavy (non-hydrogen) atoms. The van der Waals surface area contributed by atoms with Gasteiger partial charge in [0, 0.05) is 32.7 Å². The van der Waals surface area contributed by atoms with Crippen LogP contribution in [0.25, 0.3) is 0 Å². The Morgan fingerprint density at radius 1 is 1.19 bits per heavy atom. The monoisotopic (exact) mass is 299 g/mol. The van der Waals surface area contributed by atoms with Gasteiger partial charge in [0.1, 0.15) is 6.04 Å². The molecule has 2 rings (SSSR count). The predicted octanol–water partition coefficient (Wildman–Crippen LogP) is 0.0439. The van der Waals surface area contributed by atoms with E-state index in [0.29, 0.717) is 19.6 Å². The van der Waals surface area contributed by atoms with Crippen LogP contribution in [0.5, 0.6) is 0 Å². The normalized spacial score (nSPS) is 24.3. The summed E-state index contributed by atoms with van der Waals surface area (Å²) in [6.45, 7) is 2.46. The maximum absolute atomic E-state index is 12.1. The van der Waals surface area contributed by atoms with Crippen LogP contribution >= 0.6 is 0 Å². The number of urea groups is 1. The summed E-state index contributed by atoms with van der Waals surface area (Å²) in [5.41, 5.74) is 0. The number of aliphatic hydroxyl groups is 1. The van der Waals surface area contributed by atoms with Crippen LogP contribution in [0.2, 0.25) is 0 Å². The molecule has 0 radical (unpaired) electrons. The molecule has 0 aromatic rings. The smallest absolute Gasteiger partial charge is 0.320 e. The molecule has 2 N–H and O–H groups in total. The van der Waals surface area contributed by atoms with Crippen LogP contribution in [0.15, 0.2) is 0 Å². The molecule has 0 aromatic carbocycles. The van der Waals surface area contributed by atoms with Gasteiger partial charge >= 0.3 is 12.0 Å². The summed E-state index contributed by atoms with van der Waals surface area (Å²) in [4.78, 5) is 28.8. The largest absolute Gasteiger partial charge is 0.480 e. The molecule has 7 nitrogen and oxygen atoms in total. The van der Waals surface area contributed by atoms with Crippen molar-refractivity contribution in [2.24, 2.45) is 0 Å². The molecule has 7 heteroatoms. The first kappa shape index (κ1) is 16.0. The molecule has 1 atom stereocenters. The topological polar surface area (TPSA) is 84.3 Å². The van der Waals surface area contributed by atoms with Gasteiger partial charge in [0.25, 0.3) is 0 Å². The molecule has 2 aliphatic heterocycles. The van der Waals surface area contributed by atoms with E-state index < -0.39 is 5.97 Å². The van der Waals surface area contributed by atoms with Gasteiger partial charge in [-0.2, -0.15) is 0 Å². The Hall–Kier alpha value is -1.34. The number of carboxylic acid groups (broad SMARTS) is 1. The van der Waals surface area contributed by atoms with E-state index in [-0.39, 0.29) is 24.7 Å². The van der Waals surface area contributed by atoms with Crippen molar-refractivity contribution in [2.45, 2.75) is 37.8 Å². The third kappa shape index (κ3) is 3.65. The number of carbonyl (C=O) groups is 2. The molecule has 120 valence electrons. The van der Waals surface area contributed by atoms with Crippen molar-refractivity contribution in [3.8, 4) is 0 Å². The standard InChI is InChI=1S/C14H25N3O4/c1-15(9-10-18)14(21)16-7-4-11(5-8-16)17-6-2-3-12(17)13(19)20/h11-12,18H,2-10H2,1H3,(H,19,20). The average Bonchev–Trinajstić information content (AvgIpc) is 2.96. The van der Waals surface area contributed by atoms with Crippen LogP contribution in [-0.2, 0) is 4.79 Å². The van der Waals surface area contributed by atoms with Crippen molar-refractivity contribution in [3.05, 3.63) is 0 Å². The van der Waals surface area contributed by atoms with Gasteiger partial charge in [0.2, 0.25) is 0 Å². The highest BCUT2D eigenvalue weighted by atomic mass is 16.4. The summed E-state index contributed by atoms with van der Waals surface area (Å²) in [5, 5.41) is 18.1.